The molecule has 7 heteroatoms. The van der Waals surface area contributed by atoms with Gasteiger partial charge in [-0.3, -0.25) is 4.79 Å². The zero-order valence-corrected chi connectivity index (χ0v) is 10.8. The van der Waals surface area contributed by atoms with E-state index >= 15 is 0 Å². The maximum atomic E-state index is 11.7. The van der Waals surface area contributed by atoms with Gasteiger partial charge in [0.1, 0.15) is 5.75 Å². The van der Waals surface area contributed by atoms with Crippen molar-refractivity contribution in [2.24, 2.45) is 0 Å². The Labute approximate surface area is 110 Å². The lowest BCUT2D eigenvalue weighted by Gasteiger charge is -2.13. The van der Waals surface area contributed by atoms with Crippen LogP contribution in [0.3, 0.4) is 0 Å². The summed E-state index contributed by atoms with van der Waals surface area (Å²) in [6, 6.07) is 7.17. The maximum Gasteiger partial charge on any atom is 0.297 e. The molecular weight excluding hydrogens is 246 g/mol. The molecule has 0 aliphatic rings. The number of benzene rings is 1. The van der Waals surface area contributed by atoms with Gasteiger partial charge in [-0.1, -0.05) is 13.0 Å². The van der Waals surface area contributed by atoms with E-state index in [-0.39, 0.29) is 11.9 Å². The van der Waals surface area contributed by atoms with Crippen LogP contribution >= 0.6 is 0 Å². The number of nitrogens with one attached hydrogen (secondary N) is 2. The van der Waals surface area contributed by atoms with Gasteiger partial charge in [-0.25, -0.2) is 0 Å². The van der Waals surface area contributed by atoms with Gasteiger partial charge in [0, 0.05) is 11.8 Å². The molecule has 0 aliphatic carbocycles. The van der Waals surface area contributed by atoms with Crippen LogP contribution in [0.25, 0.3) is 0 Å². The van der Waals surface area contributed by atoms with Crippen LogP contribution in [0.4, 0.5) is 5.69 Å². The number of anilines is 1. The number of tetrazole rings is 1. The normalized spacial score (nSPS) is 11.9. The van der Waals surface area contributed by atoms with Gasteiger partial charge in [0.2, 0.25) is 0 Å². The Morgan fingerprint density at radius 1 is 1.53 bits per heavy atom. The molecule has 0 saturated carbocycles. The van der Waals surface area contributed by atoms with Gasteiger partial charge in [-0.2, -0.15) is 5.21 Å². The smallest absolute Gasteiger partial charge is 0.297 e. The molecule has 1 atom stereocenters. The number of aromatic amines is 1. The first kappa shape index (κ1) is 13.0. The molecule has 0 fully saturated rings. The summed E-state index contributed by atoms with van der Waals surface area (Å²) in [6.07, 6.45) is 1.04. The molecule has 0 spiro atoms. The minimum absolute atomic E-state index is 0.00625. The topological polar surface area (TPSA) is 92.8 Å². The standard InChI is InChI=1S/C12H15N5O2/c1-3-8(2)19-10-6-4-5-9(7-10)13-12(18)11-14-16-17-15-11/h4-8H,3H2,1-2H3,(H,13,18)(H,14,15,16,17). The second-order valence-electron chi connectivity index (χ2n) is 4.05. The van der Waals surface area contributed by atoms with Crippen LogP contribution in [0.2, 0.25) is 0 Å². The highest BCUT2D eigenvalue weighted by atomic mass is 16.5. The summed E-state index contributed by atoms with van der Waals surface area (Å²) in [5.74, 6) is 0.281. The summed E-state index contributed by atoms with van der Waals surface area (Å²) in [6.45, 7) is 4.04. The summed E-state index contributed by atoms with van der Waals surface area (Å²) < 4.78 is 5.68. The fourth-order valence-corrected chi connectivity index (χ4v) is 1.41. The average molecular weight is 261 g/mol. The van der Waals surface area contributed by atoms with Gasteiger partial charge in [0.25, 0.3) is 11.7 Å². The van der Waals surface area contributed by atoms with Crippen molar-refractivity contribution in [3.63, 3.8) is 0 Å². The number of nitrogens with zero attached hydrogens (tertiary/aromatic N) is 3. The summed E-state index contributed by atoms with van der Waals surface area (Å²) in [5.41, 5.74) is 0.621. The van der Waals surface area contributed by atoms with Crippen molar-refractivity contribution >= 4 is 11.6 Å². The Bertz CT molecular complexity index is 541. The predicted molar refractivity (Wildman–Crippen MR) is 69.0 cm³/mol. The first-order valence-electron chi connectivity index (χ1n) is 6.00. The number of hydrogen-bond donors (Lipinski definition) is 2. The minimum atomic E-state index is -0.422. The molecule has 1 unspecified atom stereocenters. The SMILES string of the molecule is CCC(C)Oc1cccc(NC(=O)c2nn[nH]n2)c1. The highest BCUT2D eigenvalue weighted by Crippen LogP contribution is 2.19. The van der Waals surface area contributed by atoms with E-state index in [4.69, 9.17) is 4.74 Å². The zero-order chi connectivity index (χ0) is 13.7. The maximum absolute atomic E-state index is 11.7. The monoisotopic (exact) mass is 261 g/mol. The van der Waals surface area contributed by atoms with E-state index in [0.717, 1.165) is 6.42 Å². The number of carbonyl (C=O) groups excluding carboxylic acids is 1. The number of hydrogen-bond acceptors (Lipinski definition) is 5. The largest absolute Gasteiger partial charge is 0.491 e. The average Bonchev–Trinajstić information content (AvgIpc) is 2.93. The zero-order valence-electron chi connectivity index (χ0n) is 10.8. The van der Waals surface area contributed by atoms with Crippen molar-refractivity contribution in [3.05, 3.63) is 30.1 Å². The lowest BCUT2D eigenvalue weighted by Crippen LogP contribution is -2.14. The molecule has 0 saturated heterocycles. The van der Waals surface area contributed by atoms with Gasteiger partial charge in [-0.05, 0) is 30.7 Å². The van der Waals surface area contributed by atoms with Gasteiger partial charge >= 0.3 is 0 Å². The van der Waals surface area contributed by atoms with Crippen molar-refractivity contribution in [3.8, 4) is 5.75 Å². The quantitative estimate of drug-likeness (QED) is 0.853. The highest BCUT2D eigenvalue weighted by molar-refractivity contribution is 6.01. The third kappa shape index (κ3) is 3.51. The Morgan fingerprint density at radius 3 is 3.05 bits per heavy atom. The predicted octanol–water partition coefficient (Wildman–Crippen LogP) is 1.63. The number of amides is 1. The van der Waals surface area contributed by atoms with Crippen molar-refractivity contribution < 1.29 is 9.53 Å². The molecule has 0 bridgehead atoms. The molecule has 2 rings (SSSR count). The summed E-state index contributed by atoms with van der Waals surface area (Å²) in [4.78, 5) is 11.7. The molecule has 2 aromatic rings. The first-order valence-corrected chi connectivity index (χ1v) is 6.00. The van der Waals surface area contributed by atoms with Crippen LogP contribution in [-0.2, 0) is 0 Å². The molecular formula is C12H15N5O2. The van der Waals surface area contributed by atoms with Gasteiger partial charge in [-0.15, -0.1) is 10.2 Å². The van der Waals surface area contributed by atoms with Gasteiger partial charge < -0.3 is 10.1 Å². The van der Waals surface area contributed by atoms with Crippen LogP contribution < -0.4 is 10.1 Å². The van der Waals surface area contributed by atoms with Crippen LogP contribution in [-0.4, -0.2) is 32.6 Å². The van der Waals surface area contributed by atoms with Crippen molar-refractivity contribution in [2.45, 2.75) is 26.4 Å². The summed E-state index contributed by atoms with van der Waals surface area (Å²) >= 11 is 0. The number of rotatable bonds is 5. The Kier molecular flexibility index (Phi) is 4.07. The Hall–Kier alpha value is -2.44. The van der Waals surface area contributed by atoms with E-state index in [1.165, 1.54) is 0 Å². The van der Waals surface area contributed by atoms with E-state index in [1.807, 2.05) is 26.0 Å². The lowest BCUT2D eigenvalue weighted by molar-refractivity contribution is 0.101. The van der Waals surface area contributed by atoms with Crippen molar-refractivity contribution in [1.82, 2.24) is 20.6 Å². The molecule has 1 aromatic carbocycles. The van der Waals surface area contributed by atoms with Gasteiger partial charge in [0.05, 0.1) is 6.10 Å². The van der Waals surface area contributed by atoms with E-state index < -0.39 is 5.91 Å². The molecule has 100 valence electrons. The summed E-state index contributed by atoms with van der Waals surface area (Å²) in [5, 5.41) is 15.4. The van der Waals surface area contributed by atoms with E-state index in [0.29, 0.717) is 11.4 Å². The first-order chi connectivity index (χ1) is 9.19. The van der Waals surface area contributed by atoms with Crippen LogP contribution in [0.15, 0.2) is 24.3 Å². The van der Waals surface area contributed by atoms with Crippen LogP contribution in [0.1, 0.15) is 30.9 Å². The van der Waals surface area contributed by atoms with E-state index in [2.05, 4.69) is 25.9 Å². The molecule has 1 heterocycles. The Morgan fingerprint density at radius 2 is 2.37 bits per heavy atom. The van der Waals surface area contributed by atoms with E-state index in [1.54, 1.807) is 12.1 Å². The lowest BCUT2D eigenvalue weighted by atomic mass is 10.2. The second-order valence-corrected chi connectivity index (χ2v) is 4.05. The molecule has 0 radical (unpaired) electrons. The van der Waals surface area contributed by atoms with E-state index in [9.17, 15) is 4.79 Å². The fourth-order valence-electron chi connectivity index (χ4n) is 1.41. The third-order valence-electron chi connectivity index (χ3n) is 2.55. The van der Waals surface area contributed by atoms with Gasteiger partial charge in [0.15, 0.2) is 0 Å². The number of ether oxygens (including phenoxy) is 1. The third-order valence-corrected chi connectivity index (χ3v) is 2.55. The molecule has 1 aromatic heterocycles. The molecule has 7 nitrogen and oxygen atoms in total. The molecule has 1 amide bonds. The van der Waals surface area contributed by atoms with Crippen molar-refractivity contribution in [1.29, 1.82) is 0 Å². The number of aromatic nitrogens is 4. The van der Waals surface area contributed by atoms with Crippen molar-refractivity contribution in [2.75, 3.05) is 5.32 Å². The highest BCUT2D eigenvalue weighted by Gasteiger charge is 2.11. The van der Waals surface area contributed by atoms with Crippen LogP contribution in [0.5, 0.6) is 5.75 Å². The molecule has 0 aliphatic heterocycles. The fraction of sp³-hybridized carbons (Fsp3) is 0.333. The number of carbonyl (C=O) groups is 1. The second kappa shape index (κ2) is 5.94. The molecule has 2 N–H and O–H groups in total. The summed E-state index contributed by atoms with van der Waals surface area (Å²) in [7, 11) is 0. The molecule has 19 heavy (non-hydrogen) atoms. The number of H-pyrrole nitrogens is 1. The van der Waals surface area contributed by atoms with Crippen LogP contribution in [0, 0.1) is 0 Å². The minimum Gasteiger partial charge on any atom is -0.491 e. The Balaban J connectivity index is 2.05.